The number of carboxylic acids is 1. The highest BCUT2D eigenvalue weighted by atomic mass is 19.4. The van der Waals surface area contributed by atoms with Crippen LogP contribution in [0.1, 0.15) is 41.6 Å². The number of rotatable bonds is 4. The molecule has 2 heterocycles. The van der Waals surface area contributed by atoms with Crippen LogP contribution < -0.4 is 0 Å². The monoisotopic (exact) mass is 330 g/mol. The van der Waals surface area contributed by atoms with E-state index in [1.165, 1.54) is 4.90 Å². The summed E-state index contributed by atoms with van der Waals surface area (Å²) in [7, 11) is 0. The fourth-order valence-corrected chi connectivity index (χ4v) is 2.71. The van der Waals surface area contributed by atoms with Crippen molar-refractivity contribution in [1.82, 2.24) is 9.88 Å². The van der Waals surface area contributed by atoms with E-state index in [-0.39, 0.29) is 17.9 Å². The van der Waals surface area contributed by atoms with Gasteiger partial charge in [0.2, 0.25) is 0 Å². The summed E-state index contributed by atoms with van der Waals surface area (Å²) in [5.74, 6) is -1.33. The number of hydrogen-bond acceptors (Lipinski definition) is 3. The zero-order valence-electron chi connectivity index (χ0n) is 12.3. The molecule has 0 radical (unpaired) electrons. The maximum absolute atomic E-state index is 12.7. The molecular formula is C15H17F3N2O3. The molecule has 1 aliphatic rings. The van der Waals surface area contributed by atoms with Gasteiger partial charge in [-0.3, -0.25) is 14.6 Å². The van der Waals surface area contributed by atoms with E-state index in [1.807, 2.05) is 0 Å². The van der Waals surface area contributed by atoms with Crippen LogP contribution in [0.4, 0.5) is 13.2 Å². The van der Waals surface area contributed by atoms with Crippen LogP contribution >= 0.6 is 0 Å². The van der Waals surface area contributed by atoms with Gasteiger partial charge >= 0.3 is 12.1 Å². The summed E-state index contributed by atoms with van der Waals surface area (Å²) < 4.78 is 38.1. The summed E-state index contributed by atoms with van der Waals surface area (Å²) in [6.07, 6.45) is -0.728. The van der Waals surface area contributed by atoms with Crippen LogP contribution in [0.15, 0.2) is 18.5 Å². The maximum atomic E-state index is 12.7. The number of hydrogen-bond donors (Lipinski definition) is 1. The molecule has 1 aromatic heterocycles. The van der Waals surface area contributed by atoms with Crippen molar-refractivity contribution >= 4 is 11.9 Å². The van der Waals surface area contributed by atoms with Crippen LogP contribution in [0.25, 0.3) is 0 Å². The SMILES string of the molecule is O=C(O)CCC1CCCN(C(=O)c2cncc(C(F)(F)F)c2)C1. The van der Waals surface area contributed by atoms with Crippen LogP contribution in [0.5, 0.6) is 0 Å². The minimum atomic E-state index is -4.55. The smallest absolute Gasteiger partial charge is 0.417 e. The minimum absolute atomic E-state index is 0.0256. The molecule has 23 heavy (non-hydrogen) atoms. The third-order valence-electron chi connectivity index (χ3n) is 3.89. The third kappa shape index (κ3) is 4.67. The lowest BCUT2D eigenvalue weighted by atomic mass is 9.93. The first-order valence-corrected chi connectivity index (χ1v) is 7.30. The van der Waals surface area contributed by atoms with Gasteiger partial charge in [0.15, 0.2) is 0 Å². The second-order valence-electron chi connectivity index (χ2n) is 5.65. The Kier molecular flexibility index (Phi) is 5.23. The normalized spacial score (nSPS) is 18.7. The zero-order chi connectivity index (χ0) is 17.0. The number of amides is 1. The molecule has 1 fully saturated rings. The Morgan fingerprint density at radius 1 is 1.35 bits per heavy atom. The molecule has 8 heteroatoms. The Morgan fingerprint density at radius 2 is 2.09 bits per heavy atom. The van der Waals surface area contributed by atoms with Crippen molar-refractivity contribution in [2.75, 3.05) is 13.1 Å². The summed E-state index contributed by atoms with van der Waals surface area (Å²) in [4.78, 5) is 28.0. The molecule has 1 amide bonds. The predicted molar refractivity (Wildman–Crippen MR) is 74.7 cm³/mol. The van der Waals surface area contributed by atoms with E-state index in [4.69, 9.17) is 5.11 Å². The number of likely N-dealkylation sites (tertiary alicyclic amines) is 1. The van der Waals surface area contributed by atoms with E-state index in [2.05, 4.69) is 4.98 Å². The largest absolute Gasteiger partial charge is 0.481 e. The lowest BCUT2D eigenvalue weighted by Gasteiger charge is -2.32. The lowest BCUT2D eigenvalue weighted by molar-refractivity contribution is -0.138. The number of aliphatic carboxylic acids is 1. The number of pyridine rings is 1. The molecule has 126 valence electrons. The number of halogens is 3. The van der Waals surface area contributed by atoms with Crippen molar-refractivity contribution in [3.05, 3.63) is 29.6 Å². The molecule has 1 N–H and O–H groups in total. The second kappa shape index (κ2) is 6.97. The summed E-state index contributed by atoms with van der Waals surface area (Å²) in [5.41, 5.74) is -1.05. The van der Waals surface area contributed by atoms with Crippen LogP contribution in [0.3, 0.4) is 0 Å². The van der Waals surface area contributed by atoms with E-state index < -0.39 is 23.6 Å². The van der Waals surface area contributed by atoms with Crippen molar-refractivity contribution in [3.8, 4) is 0 Å². The molecule has 1 aromatic rings. The molecule has 1 atom stereocenters. The zero-order valence-corrected chi connectivity index (χ0v) is 12.3. The van der Waals surface area contributed by atoms with Crippen molar-refractivity contribution in [2.24, 2.45) is 5.92 Å². The van der Waals surface area contributed by atoms with Crippen molar-refractivity contribution in [1.29, 1.82) is 0 Å². The standard InChI is InChI=1S/C15H17F3N2O3/c16-15(17,18)12-6-11(7-19-8-12)14(23)20-5-1-2-10(9-20)3-4-13(21)22/h6-8,10H,1-5,9H2,(H,21,22). The van der Waals surface area contributed by atoms with Gasteiger partial charge in [-0.15, -0.1) is 0 Å². The second-order valence-corrected chi connectivity index (χ2v) is 5.65. The topological polar surface area (TPSA) is 70.5 Å². The van der Waals surface area contributed by atoms with Gasteiger partial charge < -0.3 is 10.0 Å². The summed E-state index contributed by atoms with van der Waals surface area (Å²) in [6, 6.07) is 0.802. The summed E-state index contributed by atoms with van der Waals surface area (Å²) in [5, 5.41) is 8.71. The van der Waals surface area contributed by atoms with Crippen LogP contribution in [0.2, 0.25) is 0 Å². The molecule has 1 aliphatic heterocycles. The molecule has 0 aromatic carbocycles. The Bertz CT molecular complexity index is 590. The molecule has 0 aliphatic carbocycles. The first-order chi connectivity index (χ1) is 10.8. The van der Waals surface area contributed by atoms with E-state index in [1.54, 1.807) is 0 Å². The lowest BCUT2D eigenvalue weighted by Crippen LogP contribution is -2.40. The Hall–Kier alpha value is -2.12. The third-order valence-corrected chi connectivity index (χ3v) is 3.89. The average molecular weight is 330 g/mol. The quantitative estimate of drug-likeness (QED) is 0.921. The Balaban J connectivity index is 2.06. The number of piperidine rings is 1. The molecular weight excluding hydrogens is 313 g/mol. The van der Waals surface area contributed by atoms with Gasteiger partial charge in [0.1, 0.15) is 0 Å². The molecule has 0 bridgehead atoms. The van der Waals surface area contributed by atoms with Crippen LogP contribution in [0, 0.1) is 5.92 Å². The number of alkyl halides is 3. The van der Waals surface area contributed by atoms with Gasteiger partial charge in [-0.1, -0.05) is 0 Å². The molecule has 0 spiro atoms. The van der Waals surface area contributed by atoms with Gasteiger partial charge in [-0.05, 0) is 31.2 Å². The maximum Gasteiger partial charge on any atom is 0.417 e. The number of carbonyl (C=O) groups excluding carboxylic acids is 1. The fraction of sp³-hybridized carbons (Fsp3) is 0.533. The molecule has 2 rings (SSSR count). The van der Waals surface area contributed by atoms with Gasteiger partial charge in [0.05, 0.1) is 11.1 Å². The van der Waals surface area contributed by atoms with Crippen molar-refractivity contribution < 1.29 is 27.9 Å². The highest BCUT2D eigenvalue weighted by Crippen LogP contribution is 2.29. The van der Waals surface area contributed by atoms with Crippen LogP contribution in [-0.4, -0.2) is 40.0 Å². The number of carboxylic acid groups (broad SMARTS) is 1. The van der Waals surface area contributed by atoms with Crippen LogP contribution in [-0.2, 0) is 11.0 Å². The summed E-state index contributed by atoms with van der Waals surface area (Å²) >= 11 is 0. The first-order valence-electron chi connectivity index (χ1n) is 7.30. The van der Waals surface area contributed by atoms with Gasteiger partial charge in [-0.2, -0.15) is 13.2 Å². The van der Waals surface area contributed by atoms with E-state index in [0.717, 1.165) is 18.7 Å². The van der Waals surface area contributed by atoms with Crippen molar-refractivity contribution in [3.63, 3.8) is 0 Å². The molecule has 0 saturated carbocycles. The highest BCUT2D eigenvalue weighted by Gasteiger charge is 2.32. The van der Waals surface area contributed by atoms with Gasteiger partial charge in [0.25, 0.3) is 5.91 Å². The highest BCUT2D eigenvalue weighted by molar-refractivity contribution is 5.94. The predicted octanol–water partition coefficient (Wildman–Crippen LogP) is 2.82. The van der Waals surface area contributed by atoms with E-state index >= 15 is 0 Å². The molecule has 1 saturated heterocycles. The van der Waals surface area contributed by atoms with E-state index in [9.17, 15) is 22.8 Å². The molecule has 1 unspecified atom stereocenters. The number of nitrogens with zero attached hydrogens (tertiary/aromatic N) is 2. The molecule has 5 nitrogen and oxygen atoms in total. The van der Waals surface area contributed by atoms with Gasteiger partial charge in [-0.25, -0.2) is 0 Å². The van der Waals surface area contributed by atoms with E-state index in [0.29, 0.717) is 32.1 Å². The number of carbonyl (C=O) groups is 2. The summed E-state index contributed by atoms with van der Waals surface area (Å²) in [6.45, 7) is 0.820. The minimum Gasteiger partial charge on any atom is -0.481 e. The Morgan fingerprint density at radius 3 is 2.74 bits per heavy atom. The number of aromatic nitrogens is 1. The fourth-order valence-electron chi connectivity index (χ4n) is 2.71. The van der Waals surface area contributed by atoms with Crippen molar-refractivity contribution in [2.45, 2.75) is 31.9 Å². The average Bonchev–Trinajstić information content (AvgIpc) is 2.52. The Labute approximate surface area is 131 Å². The van der Waals surface area contributed by atoms with Gasteiger partial charge in [0, 0.05) is 31.9 Å². The first kappa shape index (κ1) is 17.2.